The molecular formula is C16H23ClN2O2. The van der Waals surface area contributed by atoms with Gasteiger partial charge >= 0.3 is 6.09 Å². The summed E-state index contributed by atoms with van der Waals surface area (Å²) in [6.07, 6.45) is 0.500. The van der Waals surface area contributed by atoms with Gasteiger partial charge in [-0.05, 0) is 44.9 Å². The molecule has 5 heteroatoms. The first-order chi connectivity index (χ1) is 9.76. The Morgan fingerprint density at radius 3 is 2.52 bits per heavy atom. The van der Waals surface area contributed by atoms with Crippen LogP contribution in [0.2, 0.25) is 5.02 Å². The van der Waals surface area contributed by atoms with E-state index in [-0.39, 0.29) is 18.1 Å². The van der Waals surface area contributed by atoms with Gasteiger partial charge < -0.3 is 15.4 Å². The van der Waals surface area contributed by atoms with E-state index in [1.165, 1.54) is 0 Å². The fourth-order valence-electron chi connectivity index (χ4n) is 2.53. The van der Waals surface area contributed by atoms with Crippen LogP contribution < -0.4 is 5.73 Å². The zero-order valence-electron chi connectivity index (χ0n) is 12.8. The maximum atomic E-state index is 12.2. The lowest BCUT2D eigenvalue weighted by molar-refractivity contribution is 0.0186. The van der Waals surface area contributed by atoms with Gasteiger partial charge in [-0.25, -0.2) is 4.79 Å². The van der Waals surface area contributed by atoms with E-state index in [4.69, 9.17) is 22.1 Å². The van der Waals surface area contributed by atoms with Crippen LogP contribution in [0.15, 0.2) is 24.3 Å². The quantitative estimate of drug-likeness (QED) is 0.865. The van der Waals surface area contributed by atoms with Gasteiger partial charge in [0.2, 0.25) is 0 Å². The molecule has 21 heavy (non-hydrogen) atoms. The van der Waals surface area contributed by atoms with Crippen molar-refractivity contribution in [2.45, 2.75) is 44.8 Å². The van der Waals surface area contributed by atoms with Crippen LogP contribution in [0.4, 0.5) is 4.79 Å². The van der Waals surface area contributed by atoms with Crippen LogP contribution in [0.3, 0.4) is 0 Å². The molecule has 0 saturated carbocycles. The van der Waals surface area contributed by atoms with Gasteiger partial charge in [-0.2, -0.15) is 0 Å². The van der Waals surface area contributed by atoms with Gasteiger partial charge in [0.25, 0.3) is 0 Å². The van der Waals surface area contributed by atoms with Gasteiger partial charge in [0, 0.05) is 30.1 Å². The molecule has 0 aliphatic carbocycles. The molecule has 2 rings (SSSR count). The van der Waals surface area contributed by atoms with E-state index >= 15 is 0 Å². The number of ether oxygens (including phenoxy) is 1. The number of likely N-dealkylation sites (tertiary alicyclic amines) is 1. The minimum atomic E-state index is -0.480. The maximum absolute atomic E-state index is 12.2. The third-order valence-corrected chi connectivity index (χ3v) is 3.87. The van der Waals surface area contributed by atoms with Crippen molar-refractivity contribution in [3.05, 3.63) is 34.9 Å². The third kappa shape index (κ3) is 4.35. The normalized spacial score (nSPS) is 23.0. The van der Waals surface area contributed by atoms with Crippen molar-refractivity contribution in [2.24, 2.45) is 5.73 Å². The lowest BCUT2D eigenvalue weighted by Crippen LogP contribution is -2.49. The number of nitrogens with two attached hydrogens (primary N) is 1. The smallest absolute Gasteiger partial charge is 0.410 e. The van der Waals surface area contributed by atoms with E-state index in [9.17, 15) is 4.79 Å². The summed E-state index contributed by atoms with van der Waals surface area (Å²) < 4.78 is 5.44. The molecule has 1 amide bonds. The molecule has 1 saturated heterocycles. The predicted octanol–water partition coefficient (Wildman–Crippen LogP) is 3.39. The minimum absolute atomic E-state index is 0.0462. The summed E-state index contributed by atoms with van der Waals surface area (Å²) in [6, 6.07) is 7.72. The second-order valence-corrected chi connectivity index (χ2v) is 6.97. The SMILES string of the molecule is CC(C)(C)OC(=O)N1CC[C@@H](N)C(c2ccc(Cl)cc2)C1. The van der Waals surface area contributed by atoms with E-state index in [1.807, 2.05) is 45.0 Å². The molecule has 1 aliphatic rings. The van der Waals surface area contributed by atoms with E-state index < -0.39 is 5.60 Å². The van der Waals surface area contributed by atoms with Gasteiger partial charge in [-0.15, -0.1) is 0 Å². The van der Waals surface area contributed by atoms with Crippen LogP contribution in [-0.2, 0) is 4.74 Å². The fraction of sp³-hybridized carbons (Fsp3) is 0.562. The molecule has 1 aromatic rings. The summed E-state index contributed by atoms with van der Waals surface area (Å²) in [4.78, 5) is 13.9. The monoisotopic (exact) mass is 310 g/mol. The Hall–Kier alpha value is -1.26. The van der Waals surface area contributed by atoms with Gasteiger partial charge in [0.05, 0.1) is 0 Å². The van der Waals surface area contributed by atoms with Gasteiger partial charge in [-0.1, -0.05) is 23.7 Å². The summed E-state index contributed by atoms with van der Waals surface area (Å²) >= 11 is 5.92. The maximum Gasteiger partial charge on any atom is 0.410 e. The number of hydrogen-bond acceptors (Lipinski definition) is 3. The second kappa shape index (κ2) is 6.24. The van der Waals surface area contributed by atoms with Crippen molar-refractivity contribution in [3.8, 4) is 0 Å². The molecule has 1 aliphatic heterocycles. The summed E-state index contributed by atoms with van der Waals surface area (Å²) in [6.45, 7) is 6.84. The van der Waals surface area contributed by atoms with Gasteiger partial charge in [-0.3, -0.25) is 0 Å². The van der Waals surface area contributed by atoms with Crippen LogP contribution in [0.1, 0.15) is 38.7 Å². The largest absolute Gasteiger partial charge is 0.444 e. The van der Waals surface area contributed by atoms with Crippen LogP contribution >= 0.6 is 11.6 Å². The van der Waals surface area contributed by atoms with Gasteiger partial charge in [0.1, 0.15) is 5.60 Å². The second-order valence-electron chi connectivity index (χ2n) is 6.54. The number of nitrogens with zero attached hydrogens (tertiary/aromatic N) is 1. The molecule has 4 nitrogen and oxygen atoms in total. The lowest BCUT2D eigenvalue weighted by Gasteiger charge is -2.37. The predicted molar refractivity (Wildman–Crippen MR) is 84.6 cm³/mol. The number of piperidine rings is 1. The van der Waals surface area contributed by atoms with Crippen molar-refractivity contribution < 1.29 is 9.53 Å². The minimum Gasteiger partial charge on any atom is -0.444 e. The van der Waals surface area contributed by atoms with E-state index in [1.54, 1.807) is 4.90 Å². The van der Waals surface area contributed by atoms with Crippen LogP contribution in [0.25, 0.3) is 0 Å². The van der Waals surface area contributed by atoms with Crippen molar-refractivity contribution in [1.29, 1.82) is 0 Å². The number of rotatable bonds is 1. The fourth-order valence-corrected chi connectivity index (χ4v) is 2.65. The molecule has 1 unspecified atom stereocenters. The highest BCUT2D eigenvalue weighted by Crippen LogP contribution is 2.28. The molecule has 1 heterocycles. The standard InChI is InChI=1S/C16H23ClN2O2/c1-16(2,3)21-15(20)19-9-8-14(18)13(10-19)11-4-6-12(17)7-5-11/h4-7,13-14H,8-10,18H2,1-3H3/t13?,14-/m1/s1. The number of halogens is 1. The third-order valence-electron chi connectivity index (χ3n) is 3.62. The number of benzene rings is 1. The molecule has 0 spiro atoms. The van der Waals surface area contributed by atoms with Crippen LogP contribution in [0.5, 0.6) is 0 Å². The Kier molecular flexibility index (Phi) is 4.79. The molecule has 1 aromatic carbocycles. The molecule has 0 aromatic heterocycles. The zero-order valence-corrected chi connectivity index (χ0v) is 13.6. The zero-order chi connectivity index (χ0) is 15.6. The average molecular weight is 311 g/mol. The van der Waals surface area contributed by atoms with Crippen LogP contribution in [0, 0.1) is 0 Å². The number of carbonyl (C=O) groups is 1. The first-order valence-electron chi connectivity index (χ1n) is 7.25. The van der Waals surface area contributed by atoms with E-state index in [0.29, 0.717) is 18.1 Å². The van der Waals surface area contributed by atoms with Crippen molar-refractivity contribution in [2.75, 3.05) is 13.1 Å². The highest BCUT2D eigenvalue weighted by molar-refractivity contribution is 6.30. The molecule has 0 bridgehead atoms. The Balaban J connectivity index is 2.09. The molecule has 2 atom stereocenters. The van der Waals surface area contributed by atoms with E-state index in [2.05, 4.69) is 0 Å². The summed E-state index contributed by atoms with van der Waals surface area (Å²) in [5, 5.41) is 0.701. The Morgan fingerprint density at radius 1 is 1.33 bits per heavy atom. The highest BCUT2D eigenvalue weighted by Gasteiger charge is 2.32. The van der Waals surface area contributed by atoms with Crippen LogP contribution in [-0.4, -0.2) is 35.7 Å². The summed E-state index contributed by atoms with van der Waals surface area (Å²) in [5.41, 5.74) is 6.86. The average Bonchev–Trinajstić information content (AvgIpc) is 2.38. The summed E-state index contributed by atoms with van der Waals surface area (Å²) in [5.74, 6) is 0.114. The first kappa shape index (κ1) is 16.1. The number of hydrogen-bond donors (Lipinski definition) is 1. The molecule has 0 radical (unpaired) electrons. The number of carbonyl (C=O) groups excluding carboxylic acids is 1. The first-order valence-corrected chi connectivity index (χ1v) is 7.63. The lowest BCUT2D eigenvalue weighted by atomic mass is 9.87. The number of amides is 1. The Bertz CT molecular complexity index is 496. The molecule has 116 valence electrons. The molecular weight excluding hydrogens is 288 g/mol. The summed E-state index contributed by atoms with van der Waals surface area (Å²) in [7, 11) is 0. The van der Waals surface area contributed by atoms with Crippen molar-refractivity contribution in [1.82, 2.24) is 4.90 Å². The molecule has 1 fully saturated rings. The van der Waals surface area contributed by atoms with Gasteiger partial charge in [0.15, 0.2) is 0 Å². The van der Waals surface area contributed by atoms with Crippen molar-refractivity contribution in [3.63, 3.8) is 0 Å². The highest BCUT2D eigenvalue weighted by atomic mass is 35.5. The van der Waals surface area contributed by atoms with E-state index in [0.717, 1.165) is 12.0 Å². The topological polar surface area (TPSA) is 55.6 Å². The Morgan fingerprint density at radius 2 is 1.95 bits per heavy atom. The van der Waals surface area contributed by atoms with Crippen molar-refractivity contribution >= 4 is 17.7 Å². The molecule has 2 N–H and O–H groups in total. The Labute approximate surface area is 131 Å².